The van der Waals surface area contributed by atoms with Crippen molar-refractivity contribution in [1.29, 1.82) is 0 Å². The maximum absolute atomic E-state index is 6.05. The van der Waals surface area contributed by atoms with Crippen LogP contribution in [-0.2, 0) is 12.8 Å². The SMILES string of the molecule is CCCNc1ncnc(Oc2ccccc2CC)c1CC. The van der Waals surface area contributed by atoms with Gasteiger partial charge in [-0.05, 0) is 30.9 Å². The van der Waals surface area contributed by atoms with Crippen LogP contribution in [0, 0.1) is 0 Å². The standard InChI is InChI=1S/C17H23N3O/c1-4-11-18-16-14(6-3)17(20-12-19-16)21-15-10-8-7-9-13(15)5-2/h7-10,12H,4-6,11H2,1-3H3,(H,18,19,20). The van der Waals surface area contributed by atoms with E-state index in [2.05, 4.69) is 42.1 Å². The Hall–Kier alpha value is -2.10. The van der Waals surface area contributed by atoms with Crippen molar-refractivity contribution in [3.8, 4) is 11.6 Å². The highest BCUT2D eigenvalue weighted by Crippen LogP contribution is 2.29. The van der Waals surface area contributed by atoms with Crippen molar-refractivity contribution >= 4 is 5.82 Å². The molecule has 0 aliphatic rings. The highest BCUT2D eigenvalue weighted by molar-refractivity contribution is 5.50. The molecule has 1 aromatic carbocycles. The smallest absolute Gasteiger partial charge is 0.227 e. The van der Waals surface area contributed by atoms with Crippen molar-refractivity contribution in [1.82, 2.24) is 9.97 Å². The fraction of sp³-hybridized carbons (Fsp3) is 0.412. The Balaban J connectivity index is 2.31. The lowest BCUT2D eigenvalue weighted by Crippen LogP contribution is -2.07. The predicted octanol–water partition coefficient (Wildman–Crippen LogP) is 4.22. The number of anilines is 1. The van der Waals surface area contributed by atoms with E-state index in [0.717, 1.165) is 42.9 Å². The quantitative estimate of drug-likeness (QED) is 0.827. The van der Waals surface area contributed by atoms with Crippen LogP contribution in [0.25, 0.3) is 0 Å². The van der Waals surface area contributed by atoms with E-state index in [1.165, 1.54) is 5.56 Å². The van der Waals surface area contributed by atoms with Crippen LogP contribution in [0.2, 0.25) is 0 Å². The number of rotatable bonds is 7. The van der Waals surface area contributed by atoms with Gasteiger partial charge in [-0.15, -0.1) is 0 Å². The number of nitrogens with one attached hydrogen (secondary N) is 1. The summed E-state index contributed by atoms with van der Waals surface area (Å²) in [6.45, 7) is 7.25. The van der Waals surface area contributed by atoms with Gasteiger partial charge in [0.25, 0.3) is 0 Å². The number of aromatic nitrogens is 2. The number of hydrogen-bond acceptors (Lipinski definition) is 4. The van der Waals surface area contributed by atoms with Gasteiger partial charge in [0.1, 0.15) is 17.9 Å². The summed E-state index contributed by atoms with van der Waals surface area (Å²) in [6, 6.07) is 8.08. The number of para-hydroxylation sites is 1. The molecule has 0 fully saturated rings. The first-order chi connectivity index (χ1) is 10.3. The molecule has 1 heterocycles. The lowest BCUT2D eigenvalue weighted by Gasteiger charge is -2.14. The summed E-state index contributed by atoms with van der Waals surface area (Å²) in [6.07, 6.45) is 4.38. The van der Waals surface area contributed by atoms with Gasteiger partial charge in [-0.3, -0.25) is 0 Å². The fourth-order valence-electron chi connectivity index (χ4n) is 2.20. The molecule has 0 saturated heterocycles. The lowest BCUT2D eigenvalue weighted by atomic mass is 10.1. The van der Waals surface area contributed by atoms with E-state index in [1.54, 1.807) is 6.33 Å². The van der Waals surface area contributed by atoms with Gasteiger partial charge in [0, 0.05) is 6.54 Å². The molecule has 2 aromatic rings. The second kappa shape index (κ2) is 7.62. The van der Waals surface area contributed by atoms with Gasteiger partial charge in [0.05, 0.1) is 5.56 Å². The van der Waals surface area contributed by atoms with Gasteiger partial charge in [0.2, 0.25) is 5.88 Å². The topological polar surface area (TPSA) is 47.0 Å². The molecule has 21 heavy (non-hydrogen) atoms. The second-order valence-electron chi connectivity index (χ2n) is 4.85. The van der Waals surface area contributed by atoms with Crippen LogP contribution in [0.1, 0.15) is 38.3 Å². The van der Waals surface area contributed by atoms with Gasteiger partial charge in [-0.1, -0.05) is 39.0 Å². The van der Waals surface area contributed by atoms with E-state index >= 15 is 0 Å². The van der Waals surface area contributed by atoms with E-state index in [9.17, 15) is 0 Å². The number of nitrogens with zero attached hydrogens (tertiary/aromatic N) is 2. The average Bonchev–Trinajstić information content (AvgIpc) is 2.53. The first kappa shape index (κ1) is 15.3. The number of benzene rings is 1. The van der Waals surface area contributed by atoms with Crippen molar-refractivity contribution in [2.45, 2.75) is 40.0 Å². The van der Waals surface area contributed by atoms with Gasteiger partial charge >= 0.3 is 0 Å². The normalized spacial score (nSPS) is 10.4. The van der Waals surface area contributed by atoms with E-state index in [4.69, 9.17) is 4.74 Å². The Bertz CT molecular complexity index is 584. The third-order valence-corrected chi connectivity index (χ3v) is 3.36. The van der Waals surface area contributed by atoms with Crippen molar-refractivity contribution in [3.63, 3.8) is 0 Å². The molecule has 0 unspecified atom stereocenters. The van der Waals surface area contributed by atoms with Crippen LogP contribution in [0.5, 0.6) is 11.6 Å². The Labute approximate surface area is 126 Å². The van der Waals surface area contributed by atoms with Crippen LogP contribution in [0.15, 0.2) is 30.6 Å². The maximum atomic E-state index is 6.05. The van der Waals surface area contributed by atoms with Crippen LogP contribution in [0.4, 0.5) is 5.82 Å². The summed E-state index contributed by atoms with van der Waals surface area (Å²) in [5, 5.41) is 3.34. The minimum absolute atomic E-state index is 0.645. The first-order valence-electron chi connectivity index (χ1n) is 7.63. The van der Waals surface area contributed by atoms with Crippen molar-refractivity contribution < 1.29 is 4.74 Å². The number of ether oxygens (including phenoxy) is 1. The highest BCUT2D eigenvalue weighted by atomic mass is 16.5. The number of hydrogen-bond donors (Lipinski definition) is 1. The van der Waals surface area contributed by atoms with Gasteiger partial charge < -0.3 is 10.1 Å². The molecule has 0 radical (unpaired) electrons. The van der Waals surface area contributed by atoms with Crippen LogP contribution < -0.4 is 10.1 Å². The average molecular weight is 285 g/mol. The summed E-state index contributed by atoms with van der Waals surface area (Å²) in [5.41, 5.74) is 2.21. The summed E-state index contributed by atoms with van der Waals surface area (Å²) in [4.78, 5) is 8.65. The molecule has 0 aliphatic heterocycles. The third-order valence-electron chi connectivity index (χ3n) is 3.36. The fourth-order valence-corrected chi connectivity index (χ4v) is 2.20. The Kier molecular flexibility index (Phi) is 5.55. The van der Waals surface area contributed by atoms with Crippen LogP contribution in [0.3, 0.4) is 0 Å². The summed E-state index contributed by atoms with van der Waals surface area (Å²) in [5.74, 6) is 2.39. The molecule has 0 atom stereocenters. The second-order valence-corrected chi connectivity index (χ2v) is 4.85. The molecule has 2 rings (SSSR count). The largest absolute Gasteiger partial charge is 0.438 e. The molecule has 0 spiro atoms. The van der Waals surface area contributed by atoms with E-state index < -0.39 is 0 Å². The molecule has 0 saturated carbocycles. The molecule has 1 N–H and O–H groups in total. The molecule has 1 aromatic heterocycles. The maximum Gasteiger partial charge on any atom is 0.227 e. The van der Waals surface area contributed by atoms with Gasteiger partial charge in [0.15, 0.2) is 0 Å². The molecule has 0 aliphatic carbocycles. The zero-order valence-corrected chi connectivity index (χ0v) is 13.0. The summed E-state index contributed by atoms with van der Waals surface area (Å²) < 4.78 is 6.05. The third kappa shape index (κ3) is 3.72. The summed E-state index contributed by atoms with van der Waals surface area (Å²) >= 11 is 0. The monoisotopic (exact) mass is 285 g/mol. The molecular weight excluding hydrogens is 262 g/mol. The minimum atomic E-state index is 0.645. The Morgan fingerprint density at radius 2 is 1.86 bits per heavy atom. The molecule has 112 valence electrons. The van der Waals surface area contributed by atoms with Gasteiger partial charge in [-0.2, -0.15) is 0 Å². The van der Waals surface area contributed by atoms with Crippen molar-refractivity contribution in [2.75, 3.05) is 11.9 Å². The van der Waals surface area contributed by atoms with Crippen molar-refractivity contribution in [3.05, 3.63) is 41.7 Å². The zero-order valence-electron chi connectivity index (χ0n) is 13.0. The van der Waals surface area contributed by atoms with E-state index in [1.807, 2.05) is 18.2 Å². The first-order valence-corrected chi connectivity index (χ1v) is 7.63. The van der Waals surface area contributed by atoms with Crippen LogP contribution in [-0.4, -0.2) is 16.5 Å². The van der Waals surface area contributed by atoms with Gasteiger partial charge in [-0.25, -0.2) is 9.97 Å². The Morgan fingerprint density at radius 1 is 1.05 bits per heavy atom. The molecule has 4 nitrogen and oxygen atoms in total. The highest BCUT2D eigenvalue weighted by Gasteiger charge is 2.12. The molecule has 0 bridgehead atoms. The summed E-state index contributed by atoms with van der Waals surface area (Å²) in [7, 11) is 0. The lowest BCUT2D eigenvalue weighted by molar-refractivity contribution is 0.450. The molecule has 4 heteroatoms. The van der Waals surface area contributed by atoms with Crippen molar-refractivity contribution in [2.24, 2.45) is 0 Å². The Morgan fingerprint density at radius 3 is 2.57 bits per heavy atom. The van der Waals surface area contributed by atoms with Crippen LogP contribution >= 0.6 is 0 Å². The zero-order chi connectivity index (χ0) is 15.1. The van der Waals surface area contributed by atoms with E-state index in [-0.39, 0.29) is 0 Å². The van der Waals surface area contributed by atoms with E-state index in [0.29, 0.717) is 5.88 Å². The number of aryl methyl sites for hydroxylation is 1. The predicted molar refractivity (Wildman–Crippen MR) is 86.1 cm³/mol. The minimum Gasteiger partial charge on any atom is -0.438 e. The molecule has 0 amide bonds. The molecular formula is C17H23N3O.